The summed E-state index contributed by atoms with van der Waals surface area (Å²) in [4.78, 5) is 44.9. The summed E-state index contributed by atoms with van der Waals surface area (Å²) in [6, 6.07) is 15.6. The molecule has 0 aliphatic rings. The minimum atomic E-state index is -1.28. The summed E-state index contributed by atoms with van der Waals surface area (Å²) in [6.45, 7) is 4.78. The van der Waals surface area contributed by atoms with Gasteiger partial charge in [-0.1, -0.05) is 75.2 Å². The van der Waals surface area contributed by atoms with E-state index >= 15 is 0 Å². The fraction of sp³-hybridized carbons (Fsp3) is 0.286. The van der Waals surface area contributed by atoms with Gasteiger partial charge in [0.05, 0.1) is 29.9 Å². The van der Waals surface area contributed by atoms with Gasteiger partial charge >= 0.3 is 23.9 Å². The molecule has 0 atom stereocenters. The number of carbonyl (C=O) groups excluding carboxylic acids is 2. The molecule has 2 aromatic carbocycles. The molecule has 0 saturated heterocycles. The standard InChI is InChI=1S/C16H22O4.C12H10O4/c1-3-5-11-19-15(17)13-9-7-8-10-14(13)16(18)20-12-6-4-2;13-11(14)8-10(12(15)16)7-6-9-4-2-1-3-5-9/h7-10H,3-6,11-12H2,1-2H3;1-8H,(H,13,14)(H,15,16)/b;7-6+,10-8-. The number of esters is 2. The van der Waals surface area contributed by atoms with E-state index in [2.05, 4.69) is 0 Å². The van der Waals surface area contributed by atoms with E-state index in [1.165, 1.54) is 6.08 Å². The summed E-state index contributed by atoms with van der Waals surface area (Å²) >= 11 is 0. The molecule has 0 saturated carbocycles. The highest BCUT2D eigenvalue weighted by atomic mass is 16.5. The number of benzene rings is 2. The highest BCUT2D eigenvalue weighted by Crippen LogP contribution is 2.13. The van der Waals surface area contributed by atoms with Gasteiger partial charge < -0.3 is 19.7 Å². The second-order valence-corrected chi connectivity index (χ2v) is 7.51. The molecule has 0 radical (unpaired) electrons. The molecule has 0 unspecified atom stereocenters. The van der Waals surface area contributed by atoms with E-state index in [-0.39, 0.29) is 16.7 Å². The van der Waals surface area contributed by atoms with E-state index in [9.17, 15) is 19.2 Å². The molecule has 0 aliphatic carbocycles. The van der Waals surface area contributed by atoms with Crippen molar-refractivity contribution in [3.05, 3.63) is 89.0 Å². The lowest BCUT2D eigenvalue weighted by Gasteiger charge is -2.09. The molecule has 192 valence electrons. The zero-order valence-electron chi connectivity index (χ0n) is 20.5. The molecule has 0 fully saturated rings. The second kappa shape index (κ2) is 17.3. The first kappa shape index (κ1) is 29.8. The SMILES string of the molecule is CCCCOC(=O)c1ccccc1C(=O)OCCCC.O=C(O)/C=C(/C=C/c1ccccc1)C(=O)O. The van der Waals surface area contributed by atoms with Crippen molar-refractivity contribution in [2.24, 2.45) is 0 Å². The average molecular weight is 497 g/mol. The Morgan fingerprint density at radius 3 is 1.64 bits per heavy atom. The lowest BCUT2D eigenvalue weighted by Crippen LogP contribution is -2.14. The smallest absolute Gasteiger partial charge is 0.339 e. The molecule has 8 heteroatoms. The van der Waals surface area contributed by atoms with E-state index in [1.54, 1.807) is 54.6 Å². The normalized spacial score (nSPS) is 10.8. The highest BCUT2D eigenvalue weighted by molar-refractivity contribution is 6.03. The molecule has 0 heterocycles. The van der Waals surface area contributed by atoms with Crippen molar-refractivity contribution in [2.75, 3.05) is 13.2 Å². The van der Waals surface area contributed by atoms with Crippen LogP contribution in [-0.4, -0.2) is 47.3 Å². The van der Waals surface area contributed by atoms with Gasteiger partial charge in [-0.25, -0.2) is 19.2 Å². The highest BCUT2D eigenvalue weighted by Gasteiger charge is 2.18. The van der Waals surface area contributed by atoms with Gasteiger partial charge in [0.2, 0.25) is 0 Å². The van der Waals surface area contributed by atoms with Crippen LogP contribution in [-0.2, 0) is 19.1 Å². The maximum Gasteiger partial charge on any atom is 0.339 e. The second-order valence-electron chi connectivity index (χ2n) is 7.51. The van der Waals surface area contributed by atoms with Crippen molar-refractivity contribution in [1.29, 1.82) is 0 Å². The first-order valence-corrected chi connectivity index (χ1v) is 11.6. The van der Waals surface area contributed by atoms with Gasteiger partial charge in [0, 0.05) is 6.08 Å². The monoisotopic (exact) mass is 496 g/mol. The predicted molar refractivity (Wildman–Crippen MR) is 136 cm³/mol. The topological polar surface area (TPSA) is 127 Å². The number of unbranched alkanes of at least 4 members (excludes halogenated alkanes) is 2. The van der Waals surface area contributed by atoms with Crippen molar-refractivity contribution < 1.29 is 38.9 Å². The molecule has 36 heavy (non-hydrogen) atoms. The molecular weight excluding hydrogens is 464 g/mol. The number of carboxylic acids is 2. The number of ether oxygens (including phenoxy) is 2. The summed E-state index contributed by atoms with van der Waals surface area (Å²) in [5.41, 5.74) is 1.08. The Morgan fingerprint density at radius 2 is 1.22 bits per heavy atom. The molecular formula is C28H32O8. The van der Waals surface area contributed by atoms with Crippen molar-refractivity contribution in [3.63, 3.8) is 0 Å². The molecule has 0 amide bonds. The van der Waals surface area contributed by atoms with Crippen molar-refractivity contribution in [2.45, 2.75) is 39.5 Å². The van der Waals surface area contributed by atoms with Gasteiger partial charge in [-0.2, -0.15) is 0 Å². The van der Waals surface area contributed by atoms with Crippen LogP contribution in [0.15, 0.2) is 72.3 Å². The third kappa shape index (κ3) is 11.8. The summed E-state index contributed by atoms with van der Waals surface area (Å²) in [5, 5.41) is 17.2. The minimum Gasteiger partial charge on any atom is -0.478 e. The van der Waals surface area contributed by atoms with Crippen LogP contribution in [0, 0.1) is 0 Å². The minimum absolute atomic E-state index is 0.267. The Balaban J connectivity index is 0.000000369. The molecule has 2 aromatic rings. The maximum atomic E-state index is 11.9. The van der Waals surface area contributed by atoms with Gasteiger partial charge in [0.25, 0.3) is 0 Å². The van der Waals surface area contributed by atoms with Crippen molar-refractivity contribution in [3.8, 4) is 0 Å². The van der Waals surface area contributed by atoms with Gasteiger partial charge in [0.1, 0.15) is 0 Å². The Hall–Kier alpha value is -4.20. The van der Waals surface area contributed by atoms with Crippen LogP contribution in [0.5, 0.6) is 0 Å². The van der Waals surface area contributed by atoms with Crippen LogP contribution in [0.25, 0.3) is 6.08 Å². The average Bonchev–Trinajstić information content (AvgIpc) is 2.87. The molecule has 0 aromatic heterocycles. The van der Waals surface area contributed by atoms with Crippen LogP contribution >= 0.6 is 0 Å². The van der Waals surface area contributed by atoms with Crippen LogP contribution in [0.2, 0.25) is 0 Å². The Morgan fingerprint density at radius 1 is 0.750 bits per heavy atom. The predicted octanol–water partition coefficient (Wildman–Crippen LogP) is 5.40. The largest absolute Gasteiger partial charge is 0.478 e. The number of rotatable bonds is 12. The van der Waals surface area contributed by atoms with Crippen LogP contribution in [0.3, 0.4) is 0 Å². The van der Waals surface area contributed by atoms with Gasteiger partial charge in [0.15, 0.2) is 0 Å². The van der Waals surface area contributed by atoms with Crippen LogP contribution in [0.4, 0.5) is 0 Å². The fourth-order valence-corrected chi connectivity index (χ4v) is 2.68. The first-order chi connectivity index (χ1) is 17.3. The molecule has 0 aliphatic heterocycles. The Labute approximate surface area is 210 Å². The molecule has 2 rings (SSSR count). The quantitative estimate of drug-likeness (QED) is 0.173. The molecule has 0 bridgehead atoms. The third-order valence-electron chi connectivity index (χ3n) is 4.61. The summed E-state index contributed by atoms with van der Waals surface area (Å²) < 4.78 is 10.3. The van der Waals surface area contributed by atoms with Crippen LogP contribution in [0.1, 0.15) is 65.8 Å². The number of hydrogen-bond acceptors (Lipinski definition) is 6. The van der Waals surface area contributed by atoms with E-state index in [1.807, 2.05) is 19.9 Å². The fourth-order valence-electron chi connectivity index (χ4n) is 2.68. The number of hydrogen-bond donors (Lipinski definition) is 2. The van der Waals surface area contributed by atoms with E-state index in [0.29, 0.717) is 19.3 Å². The van der Waals surface area contributed by atoms with E-state index in [0.717, 1.165) is 31.2 Å². The summed E-state index contributed by atoms with van der Waals surface area (Å²) in [6.07, 6.45) is 6.99. The van der Waals surface area contributed by atoms with Gasteiger partial charge in [-0.05, 0) is 36.6 Å². The molecule has 8 nitrogen and oxygen atoms in total. The summed E-state index contributed by atoms with van der Waals surface area (Å²) in [5.74, 6) is -3.49. The molecule has 0 spiro atoms. The zero-order chi connectivity index (χ0) is 26.8. The van der Waals surface area contributed by atoms with Crippen LogP contribution < -0.4 is 0 Å². The van der Waals surface area contributed by atoms with Gasteiger partial charge in [-0.15, -0.1) is 0 Å². The van der Waals surface area contributed by atoms with Crippen molar-refractivity contribution >= 4 is 30.0 Å². The first-order valence-electron chi connectivity index (χ1n) is 11.6. The molecule has 2 N–H and O–H groups in total. The zero-order valence-corrected chi connectivity index (χ0v) is 20.5. The lowest BCUT2D eigenvalue weighted by atomic mass is 10.1. The van der Waals surface area contributed by atoms with Crippen molar-refractivity contribution in [1.82, 2.24) is 0 Å². The number of carboxylic acid groups (broad SMARTS) is 2. The Kier molecular flexibility index (Phi) is 14.3. The Bertz CT molecular complexity index is 1010. The number of aliphatic carboxylic acids is 2. The lowest BCUT2D eigenvalue weighted by molar-refractivity contribution is -0.134. The summed E-state index contributed by atoms with van der Waals surface area (Å²) in [7, 11) is 0. The van der Waals surface area contributed by atoms with Gasteiger partial charge in [-0.3, -0.25) is 0 Å². The maximum absolute atomic E-state index is 11.9. The van der Waals surface area contributed by atoms with E-state index < -0.39 is 23.9 Å². The van der Waals surface area contributed by atoms with E-state index in [4.69, 9.17) is 19.7 Å². The third-order valence-corrected chi connectivity index (χ3v) is 4.61. The number of carbonyl (C=O) groups is 4.